The summed E-state index contributed by atoms with van der Waals surface area (Å²) in [5.41, 5.74) is 1.53. The van der Waals surface area contributed by atoms with Gasteiger partial charge >= 0.3 is 0 Å². The van der Waals surface area contributed by atoms with Gasteiger partial charge in [-0.25, -0.2) is 0 Å². The zero-order valence-electron chi connectivity index (χ0n) is 11.8. The molecule has 0 atom stereocenters. The molecule has 4 nitrogen and oxygen atoms in total. The number of hydrogen-bond donors (Lipinski definition) is 2. The molecule has 0 unspecified atom stereocenters. The van der Waals surface area contributed by atoms with Crippen LogP contribution in [0.4, 0.5) is 11.4 Å². The molecular formula is C16H14Cl2N2O2. The molecular weight excluding hydrogens is 323 g/mol. The van der Waals surface area contributed by atoms with E-state index in [0.717, 1.165) is 0 Å². The summed E-state index contributed by atoms with van der Waals surface area (Å²) < 4.78 is 0. The van der Waals surface area contributed by atoms with Crippen molar-refractivity contribution in [2.45, 2.75) is 13.3 Å². The molecule has 2 amide bonds. The summed E-state index contributed by atoms with van der Waals surface area (Å²) in [5.74, 6) is -0.391. The zero-order chi connectivity index (χ0) is 16.1. The Bertz CT molecular complexity index is 700. The van der Waals surface area contributed by atoms with Crippen LogP contribution >= 0.6 is 23.2 Å². The van der Waals surface area contributed by atoms with Gasteiger partial charge in [-0.15, -0.1) is 0 Å². The van der Waals surface area contributed by atoms with Crippen LogP contribution in [0.1, 0.15) is 23.7 Å². The summed E-state index contributed by atoms with van der Waals surface area (Å²) in [4.78, 5) is 23.4. The van der Waals surface area contributed by atoms with Crippen LogP contribution in [0.25, 0.3) is 0 Å². The van der Waals surface area contributed by atoms with E-state index in [1.807, 2.05) is 0 Å². The minimum atomic E-state index is -0.288. The van der Waals surface area contributed by atoms with Gasteiger partial charge in [-0.1, -0.05) is 30.1 Å². The highest BCUT2D eigenvalue weighted by atomic mass is 35.5. The van der Waals surface area contributed by atoms with E-state index in [1.165, 1.54) is 0 Å². The molecule has 0 aliphatic heterocycles. The zero-order valence-corrected chi connectivity index (χ0v) is 13.3. The first-order valence-corrected chi connectivity index (χ1v) is 7.41. The van der Waals surface area contributed by atoms with E-state index in [-0.39, 0.29) is 11.8 Å². The number of carbonyl (C=O) groups is 2. The molecule has 0 radical (unpaired) electrons. The van der Waals surface area contributed by atoms with Crippen LogP contribution in [0.3, 0.4) is 0 Å². The molecule has 0 aliphatic rings. The first kappa shape index (κ1) is 16.3. The van der Waals surface area contributed by atoms with Gasteiger partial charge in [0, 0.05) is 22.7 Å². The highest BCUT2D eigenvalue weighted by molar-refractivity contribution is 6.34. The lowest BCUT2D eigenvalue weighted by atomic mass is 10.2. The number of benzene rings is 2. The summed E-state index contributed by atoms with van der Waals surface area (Å²) in [6, 6.07) is 11.4. The van der Waals surface area contributed by atoms with Crippen molar-refractivity contribution in [1.29, 1.82) is 0 Å². The van der Waals surface area contributed by atoms with Crippen molar-refractivity contribution in [3.63, 3.8) is 0 Å². The second-order valence-corrected chi connectivity index (χ2v) is 5.40. The number of amides is 2. The average Bonchev–Trinajstić information content (AvgIpc) is 2.50. The summed E-state index contributed by atoms with van der Waals surface area (Å²) in [6.07, 6.45) is 0.382. The van der Waals surface area contributed by atoms with Gasteiger partial charge in [-0.2, -0.15) is 0 Å². The highest BCUT2D eigenvalue weighted by Crippen LogP contribution is 2.26. The summed E-state index contributed by atoms with van der Waals surface area (Å²) in [7, 11) is 0. The van der Waals surface area contributed by atoms with Crippen LogP contribution in [-0.4, -0.2) is 11.8 Å². The van der Waals surface area contributed by atoms with Gasteiger partial charge in [0.15, 0.2) is 0 Å². The monoisotopic (exact) mass is 336 g/mol. The average molecular weight is 337 g/mol. The van der Waals surface area contributed by atoms with E-state index < -0.39 is 0 Å². The third-order valence-electron chi connectivity index (χ3n) is 2.93. The molecule has 0 saturated carbocycles. The molecule has 114 valence electrons. The van der Waals surface area contributed by atoms with Crippen molar-refractivity contribution < 1.29 is 9.59 Å². The predicted molar refractivity (Wildman–Crippen MR) is 89.8 cm³/mol. The van der Waals surface area contributed by atoms with Gasteiger partial charge in [0.2, 0.25) is 5.91 Å². The second kappa shape index (κ2) is 7.29. The molecule has 2 aromatic carbocycles. The van der Waals surface area contributed by atoms with Gasteiger partial charge in [0.05, 0.1) is 10.7 Å². The van der Waals surface area contributed by atoms with Gasteiger partial charge in [-0.3, -0.25) is 9.59 Å². The first-order valence-electron chi connectivity index (χ1n) is 6.66. The standard InChI is InChI=1S/C16H14Cl2N2O2/c1-2-15(21)19-12-7-8-14(13(18)9-12)20-16(22)10-3-5-11(17)6-4-10/h3-9H,2H2,1H3,(H,19,21)(H,20,22). The molecule has 0 spiro atoms. The maximum Gasteiger partial charge on any atom is 0.255 e. The minimum Gasteiger partial charge on any atom is -0.326 e. The van der Waals surface area contributed by atoms with E-state index in [0.29, 0.717) is 33.4 Å². The Labute approximate surface area is 138 Å². The highest BCUT2D eigenvalue weighted by Gasteiger charge is 2.09. The number of nitrogens with one attached hydrogen (secondary N) is 2. The van der Waals surface area contributed by atoms with E-state index in [2.05, 4.69) is 10.6 Å². The van der Waals surface area contributed by atoms with Crippen LogP contribution in [0.15, 0.2) is 42.5 Å². The number of rotatable bonds is 4. The Kier molecular flexibility index (Phi) is 5.41. The first-order chi connectivity index (χ1) is 10.5. The summed E-state index contributed by atoms with van der Waals surface area (Å²) in [5, 5.41) is 6.32. The fourth-order valence-corrected chi connectivity index (χ4v) is 2.09. The third-order valence-corrected chi connectivity index (χ3v) is 3.49. The molecule has 2 N–H and O–H groups in total. The number of carbonyl (C=O) groups excluding carboxylic acids is 2. The predicted octanol–water partition coefficient (Wildman–Crippen LogP) is 4.59. The lowest BCUT2D eigenvalue weighted by molar-refractivity contribution is -0.115. The number of hydrogen-bond acceptors (Lipinski definition) is 2. The van der Waals surface area contributed by atoms with Crippen LogP contribution in [0, 0.1) is 0 Å². The number of anilines is 2. The van der Waals surface area contributed by atoms with Gasteiger partial charge in [-0.05, 0) is 42.5 Å². The molecule has 6 heteroatoms. The normalized spacial score (nSPS) is 10.1. The van der Waals surface area contributed by atoms with Crippen molar-refractivity contribution in [1.82, 2.24) is 0 Å². The fraction of sp³-hybridized carbons (Fsp3) is 0.125. The molecule has 0 aliphatic carbocycles. The molecule has 0 fully saturated rings. The van der Waals surface area contributed by atoms with Gasteiger partial charge in [0.25, 0.3) is 5.91 Å². The third kappa shape index (κ3) is 4.23. The fourth-order valence-electron chi connectivity index (χ4n) is 1.74. The number of halogens is 2. The lowest BCUT2D eigenvalue weighted by Gasteiger charge is -2.10. The molecule has 0 saturated heterocycles. The Morgan fingerprint density at radius 3 is 2.27 bits per heavy atom. The van der Waals surface area contributed by atoms with E-state index in [1.54, 1.807) is 49.4 Å². The Hall–Kier alpha value is -2.04. The quantitative estimate of drug-likeness (QED) is 0.857. The lowest BCUT2D eigenvalue weighted by Crippen LogP contribution is -2.13. The van der Waals surface area contributed by atoms with E-state index in [4.69, 9.17) is 23.2 Å². The van der Waals surface area contributed by atoms with Crippen molar-refractivity contribution in [2.24, 2.45) is 0 Å². The maximum atomic E-state index is 12.1. The van der Waals surface area contributed by atoms with Crippen LogP contribution < -0.4 is 10.6 Å². The molecule has 0 heterocycles. The molecule has 2 rings (SSSR count). The van der Waals surface area contributed by atoms with Gasteiger partial charge < -0.3 is 10.6 Å². The molecule has 2 aromatic rings. The smallest absolute Gasteiger partial charge is 0.255 e. The SMILES string of the molecule is CCC(=O)Nc1ccc(NC(=O)c2ccc(Cl)cc2)c(Cl)c1. The van der Waals surface area contributed by atoms with Crippen LogP contribution in [-0.2, 0) is 4.79 Å². The summed E-state index contributed by atoms with van der Waals surface area (Å²) in [6.45, 7) is 1.76. The Morgan fingerprint density at radius 1 is 1.00 bits per heavy atom. The molecule has 0 bridgehead atoms. The molecule has 22 heavy (non-hydrogen) atoms. The second-order valence-electron chi connectivity index (χ2n) is 4.56. The van der Waals surface area contributed by atoms with Crippen molar-refractivity contribution in [3.05, 3.63) is 58.1 Å². The largest absolute Gasteiger partial charge is 0.326 e. The Morgan fingerprint density at radius 2 is 1.68 bits per heavy atom. The van der Waals surface area contributed by atoms with Crippen molar-refractivity contribution in [3.8, 4) is 0 Å². The van der Waals surface area contributed by atoms with Gasteiger partial charge in [0.1, 0.15) is 0 Å². The van der Waals surface area contributed by atoms with E-state index in [9.17, 15) is 9.59 Å². The Balaban J connectivity index is 2.11. The topological polar surface area (TPSA) is 58.2 Å². The maximum absolute atomic E-state index is 12.1. The van der Waals surface area contributed by atoms with E-state index >= 15 is 0 Å². The van der Waals surface area contributed by atoms with Crippen molar-refractivity contribution >= 4 is 46.4 Å². The van der Waals surface area contributed by atoms with Crippen molar-refractivity contribution in [2.75, 3.05) is 10.6 Å². The summed E-state index contributed by atoms with van der Waals surface area (Å²) >= 11 is 11.9. The minimum absolute atomic E-state index is 0.103. The van der Waals surface area contributed by atoms with Crippen LogP contribution in [0.2, 0.25) is 10.0 Å². The molecule has 0 aromatic heterocycles. The van der Waals surface area contributed by atoms with Crippen LogP contribution in [0.5, 0.6) is 0 Å².